The third-order valence-corrected chi connectivity index (χ3v) is 12.6. The average Bonchev–Trinajstić information content (AvgIpc) is 3.82. The second-order valence-electron chi connectivity index (χ2n) is 14.3. The van der Waals surface area contributed by atoms with Gasteiger partial charge in [0.05, 0.1) is 4.70 Å². The van der Waals surface area contributed by atoms with E-state index >= 15 is 0 Å². The molecule has 0 radical (unpaired) electrons. The third-order valence-electron chi connectivity index (χ3n) is 11.4. The van der Waals surface area contributed by atoms with Gasteiger partial charge in [-0.3, -0.25) is 0 Å². The van der Waals surface area contributed by atoms with Crippen LogP contribution in [0.2, 0.25) is 0 Å². The summed E-state index contributed by atoms with van der Waals surface area (Å²) < 4.78 is 9.36. The lowest BCUT2D eigenvalue weighted by Crippen LogP contribution is -1.92. The van der Waals surface area contributed by atoms with Gasteiger partial charge >= 0.3 is 0 Å². The van der Waals surface area contributed by atoms with E-state index in [1.807, 2.05) is 11.3 Å². The molecule has 10 aromatic carbocycles. The maximum absolute atomic E-state index is 6.88. The molecule has 0 aliphatic carbocycles. The van der Waals surface area contributed by atoms with Gasteiger partial charge in [0, 0.05) is 26.2 Å². The van der Waals surface area contributed by atoms with Gasteiger partial charge < -0.3 is 4.42 Å². The molecule has 2 aromatic heterocycles. The zero-order valence-electron chi connectivity index (χ0n) is 29.1. The molecule has 0 aliphatic heterocycles. The van der Waals surface area contributed by atoms with Crippen LogP contribution in [0.4, 0.5) is 0 Å². The van der Waals surface area contributed by atoms with E-state index in [0.29, 0.717) is 0 Å². The summed E-state index contributed by atoms with van der Waals surface area (Å²) in [6, 6.07) is 66.7. The zero-order valence-corrected chi connectivity index (χ0v) is 30.0. The second-order valence-corrected chi connectivity index (χ2v) is 15.4. The van der Waals surface area contributed by atoms with E-state index in [4.69, 9.17) is 4.42 Å². The lowest BCUT2D eigenvalue weighted by molar-refractivity contribution is 0.673. The highest BCUT2D eigenvalue weighted by Crippen LogP contribution is 2.51. The van der Waals surface area contributed by atoms with Crippen LogP contribution in [0.3, 0.4) is 0 Å². The SMILES string of the molecule is c1cc(-c2ccc3ccccc3c2)cc(-c2c3ccccc3c(-c3cc4c(sc5ccc6ccccc6c54)c4oc5ccccc5c34)c3ccccc23)c1. The van der Waals surface area contributed by atoms with Crippen LogP contribution in [0.5, 0.6) is 0 Å². The van der Waals surface area contributed by atoms with Crippen LogP contribution in [0, 0.1) is 0 Å². The fourth-order valence-corrected chi connectivity index (χ4v) is 10.2. The number of hydrogen-bond acceptors (Lipinski definition) is 2. The number of para-hydroxylation sites is 1. The predicted octanol–water partition coefficient (Wildman–Crippen LogP) is 15.6. The Hall–Kier alpha value is -6.74. The first-order valence-corrected chi connectivity index (χ1v) is 19.3. The lowest BCUT2D eigenvalue weighted by atomic mass is 9.84. The van der Waals surface area contributed by atoms with Crippen LogP contribution in [0.25, 0.3) is 119 Å². The van der Waals surface area contributed by atoms with E-state index in [1.54, 1.807) is 0 Å². The van der Waals surface area contributed by atoms with E-state index in [2.05, 4.69) is 182 Å². The lowest BCUT2D eigenvalue weighted by Gasteiger charge is -2.19. The van der Waals surface area contributed by atoms with Crippen LogP contribution >= 0.6 is 11.3 Å². The minimum atomic E-state index is 0.916. The molecule has 0 fully saturated rings. The molecule has 0 saturated carbocycles. The maximum atomic E-state index is 6.88. The molecule has 250 valence electrons. The Kier molecular flexibility index (Phi) is 6.28. The Morgan fingerprint density at radius 1 is 0.352 bits per heavy atom. The van der Waals surface area contributed by atoms with Crippen LogP contribution in [0.15, 0.2) is 186 Å². The molecule has 12 aromatic rings. The van der Waals surface area contributed by atoms with Crippen LogP contribution in [-0.4, -0.2) is 0 Å². The summed E-state index contributed by atoms with van der Waals surface area (Å²) >= 11 is 1.84. The summed E-state index contributed by atoms with van der Waals surface area (Å²) in [5, 5.41) is 14.8. The summed E-state index contributed by atoms with van der Waals surface area (Å²) in [7, 11) is 0. The van der Waals surface area contributed by atoms with Gasteiger partial charge in [-0.05, 0) is 107 Å². The van der Waals surface area contributed by atoms with Crippen molar-refractivity contribution in [1.29, 1.82) is 0 Å². The number of thiophene rings is 1. The summed E-state index contributed by atoms with van der Waals surface area (Å²) in [5.41, 5.74) is 9.24. The predicted molar refractivity (Wildman–Crippen MR) is 233 cm³/mol. The molecule has 0 aliphatic rings. The molecule has 0 amide bonds. The van der Waals surface area contributed by atoms with E-state index in [9.17, 15) is 0 Å². The van der Waals surface area contributed by atoms with Gasteiger partial charge in [-0.15, -0.1) is 11.3 Å². The van der Waals surface area contributed by atoms with E-state index in [1.165, 1.54) is 102 Å². The van der Waals surface area contributed by atoms with Crippen LogP contribution in [-0.2, 0) is 0 Å². The van der Waals surface area contributed by atoms with Crippen molar-refractivity contribution in [2.24, 2.45) is 0 Å². The Labute approximate surface area is 314 Å². The molecule has 0 saturated heterocycles. The monoisotopic (exact) mass is 702 g/mol. The zero-order chi connectivity index (χ0) is 35.3. The van der Waals surface area contributed by atoms with Gasteiger partial charge in [-0.1, -0.05) is 152 Å². The highest BCUT2D eigenvalue weighted by Gasteiger charge is 2.24. The first-order chi connectivity index (χ1) is 26.8. The molecule has 0 atom stereocenters. The molecule has 54 heavy (non-hydrogen) atoms. The molecular weight excluding hydrogens is 673 g/mol. The highest BCUT2D eigenvalue weighted by molar-refractivity contribution is 7.26. The van der Waals surface area contributed by atoms with Crippen LogP contribution in [0.1, 0.15) is 0 Å². The molecular formula is C52H30OS. The van der Waals surface area contributed by atoms with Gasteiger partial charge in [-0.2, -0.15) is 0 Å². The van der Waals surface area contributed by atoms with E-state index in [0.717, 1.165) is 16.6 Å². The van der Waals surface area contributed by atoms with E-state index < -0.39 is 0 Å². The smallest absolute Gasteiger partial charge is 0.153 e. The number of benzene rings is 10. The summed E-state index contributed by atoms with van der Waals surface area (Å²) in [6.45, 7) is 0. The van der Waals surface area contributed by atoms with Crippen molar-refractivity contribution in [2.45, 2.75) is 0 Å². The standard InChI is InChI=1S/C52H30OS/c1-2-14-33-28-35(25-24-31(33)12-1)34-15-11-16-36(29-34)47-38-18-5-7-20-40(38)48(41-21-8-6-19-39(41)47)43-30-44-49-37-17-4-3-13-32(37)26-27-46(49)54-52(44)51-50(43)42-22-9-10-23-45(42)53-51/h1-30H. The minimum Gasteiger partial charge on any atom is -0.455 e. The topological polar surface area (TPSA) is 13.1 Å². The molecule has 2 heteroatoms. The fourth-order valence-electron chi connectivity index (χ4n) is 9.04. The largest absolute Gasteiger partial charge is 0.455 e. The van der Waals surface area contributed by atoms with Crippen molar-refractivity contribution < 1.29 is 4.42 Å². The highest BCUT2D eigenvalue weighted by atomic mass is 32.1. The maximum Gasteiger partial charge on any atom is 0.153 e. The van der Waals surface area contributed by atoms with Gasteiger partial charge in [0.15, 0.2) is 5.58 Å². The van der Waals surface area contributed by atoms with E-state index in [-0.39, 0.29) is 0 Å². The van der Waals surface area contributed by atoms with Crippen molar-refractivity contribution in [1.82, 2.24) is 0 Å². The summed E-state index contributed by atoms with van der Waals surface area (Å²) in [6.07, 6.45) is 0. The molecule has 1 nitrogen and oxygen atoms in total. The number of hydrogen-bond donors (Lipinski definition) is 0. The van der Waals surface area contributed by atoms with Gasteiger partial charge in [0.2, 0.25) is 0 Å². The van der Waals surface area contributed by atoms with Crippen molar-refractivity contribution in [3.63, 3.8) is 0 Å². The molecule has 0 N–H and O–H groups in total. The van der Waals surface area contributed by atoms with Gasteiger partial charge in [0.1, 0.15) is 5.58 Å². The number of fused-ring (bicyclic) bond motifs is 12. The summed E-state index contributed by atoms with van der Waals surface area (Å²) in [4.78, 5) is 0. The second kappa shape index (κ2) is 11.4. The number of furan rings is 1. The Bertz CT molecular complexity index is 3450. The van der Waals surface area contributed by atoms with Crippen molar-refractivity contribution in [3.8, 4) is 33.4 Å². The first kappa shape index (κ1) is 29.8. The molecule has 12 rings (SSSR count). The minimum absolute atomic E-state index is 0.916. The molecule has 2 heterocycles. The van der Waals surface area contributed by atoms with Gasteiger partial charge in [-0.25, -0.2) is 0 Å². The van der Waals surface area contributed by atoms with Crippen molar-refractivity contribution in [2.75, 3.05) is 0 Å². The molecule has 0 unspecified atom stereocenters. The average molecular weight is 703 g/mol. The Morgan fingerprint density at radius 3 is 1.72 bits per heavy atom. The molecule has 0 bridgehead atoms. The van der Waals surface area contributed by atoms with Crippen molar-refractivity contribution in [3.05, 3.63) is 182 Å². The third kappa shape index (κ3) is 4.26. The van der Waals surface area contributed by atoms with Crippen LogP contribution < -0.4 is 0 Å². The Morgan fingerprint density at radius 2 is 0.944 bits per heavy atom. The first-order valence-electron chi connectivity index (χ1n) is 18.5. The normalized spacial score (nSPS) is 12.1. The summed E-state index contributed by atoms with van der Waals surface area (Å²) in [5.74, 6) is 0. The quantitative estimate of drug-likeness (QED) is 0.167. The van der Waals surface area contributed by atoms with Crippen molar-refractivity contribution >= 4 is 96.5 Å². The fraction of sp³-hybridized carbons (Fsp3) is 0. The molecule has 0 spiro atoms. The number of rotatable bonds is 3. The Balaban J connectivity index is 1.20. The van der Waals surface area contributed by atoms with Gasteiger partial charge in [0.25, 0.3) is 0 Å².